The lowest BCUT2D eigenvalue weighted by Gasteiger charge is -2.21. The minimum atomic E-state index is -4.59. The van der Waals surface area contributed by atoms with Gasteiger partial charge in [-0.2, -0.15) is 13.2 Å². The van der Waals surface area contributed by atoms with Crippen molar-refractivity contribution in [3.05, 3.63) is 67.9 Å². The molecular formula is C18H14Cl4F3N3OS. The fraction of sp³-hybridized carbons (Fsp3) is 0.167. The van der Waals surface area contributed by atoms with Crippen LogP contribution in [0.5, 0.6) is 0 Å². The van der Waals surface area contributed by atoms with Crippen molar-refractivity contribution in [1.29, 1.82) is 0 Å². The largest absolute Gasteiger partial charge is 0.416 e. The summed E-state index contributed by atoms with van der Waals surface area (Å²) in [4.78, 5) is 5.08. The van der Waals surface area contributed by atoms with Gasteiger partial charge in [-0.05, 0) is 36.5 Å². The van der Waals surface area contributed by atoms with Crippen molar-refractivity contribution >= 4 is 69.8 Å². The molecule has 0 amide bonds. The van der Waals surface area contributed by atoms with Crippen molar-refractivity contribution in [3.63, 3.8) is 0 Å². The van der Waals surface area contributed by atoms with Gasteiger partial charge in [-0.25, -0.2) is 9.20 Å². The highest BCUT2D eigenvalue weighted by Gasteiger charge is 2.31. The number of anilines is 1. The van der Waals surface area contributed by atoms with E-state index >= 15 is 0 Å². The second-order valence-corrected chi connectivity index (χ2v) is 8.57. The van der Waals surface area contributed by atoms with Crippen LogP contribution >= 0.6 is 46.4 Å². The summed E-state index contributed by atoms with van der Waals surface area (Å²) < 4.78 is 54.9. The molecule has 0 aliphatic heterocycles. The number of benzene rings is 2. The zero-order valence-corrected chi connectivity index (χ0v) is 19.1. The summed E-state index contributed by atoms with van der Waals surface area (Å²) in [6.45, 7) is 3.30. The van der Waals surface area contributed by atoms with Gasteiger partial charge in [-0.15, -0.1) is 0 Å². The molecule has 0 fully saturated rings. The van der Waals surface area contributed by atoms with Crippen LogP contribution in [0.15, 0.2) is 56.6 Å². The van der Waals surface area contributed by atoms with E-state index in [1.165, 1.54) is 29.2 Å². The Morgan fingerprint density at radius 1 is 1.23 bits per heavy atom. The molecule has 1 atom stereocenters. The molecule has 30 heavy (non-hydrogen) atoms. The third-order valence-corrected chi connectivity index (χ3v) is 6.75. The summed E-state index contributed by atoms with van der Waals surface area (Å²) in [6.07, 6.45) is -4.59. The van der Waals surface area contributed by atoms with E-state index in [0.29, 0.717) is 5.56 Å². The first-order chi connectivity index (χ1) is 14.0. The van der Waals surface area contributed by atoms with E-state index in [1.807, 2.05) is 0 Å². The van der Waals surface area contributed by atoms with E-state index in [0.717, 1.165) is 12.1 Å². The molecule has 0 radical (unpaired) electrons. The van der Waals surface area contributed by atoms with Gasteiger partial charge in [0.05, 0.1) is 26.2 Å². The van der Waals surface area contributed by atoms with E-state index in [-0.39, 0.29) is 37.5 Å². The van der Waals surface area contributed by atoms with Crippen LogP contribution in [0.3, 0.4) is 0 Å². The molecule has 4 nitrogen and oxygen atoms in total. The topological polar surface area (TPSA) is 44.7 Å². The predicted octanol–water partition coefficient (Wildman–Crippen LogP) is 6.88. The summed E-state index contributed by atoms with van der Waals surface area (Å²) in [5, 5.41) is 0.161. The number of alkyl halides is 3. The van der Waals surface area contributed by atoms with Crippen molar-refractivity contribution < 1.29 is 17.4 Å². The molecule has 162 valence electrons. The molecule has 2 rings (SSSR count). The number of aliphatic imine (C=N–C) groups is 1. The van der Waals surface area contributed by atoms with Gasteiger partial charge in [0.1, 0.15) is 5.16 Å². The van der Waals surface area contributed by atoms with Gasteiger partial charge in [0.2, 0.25) is 0 Å². The zero-order valence-electron chi connectivity index (χ0n) is 15.2. The lowest BCUT2D eigenvalue weighted by atomic mass is 10.1. The maximum atomic E-state index is 13.2. The van der Waals surface area contributed by atoms with Crippen LogP contribution in [0.4, 0.5) is 18.9 Å². The number of rotatable bonds is 7. The normalized spacial score (nSPS) is 13.5. The average molecular weight is 519 g/mol. The Bertz CT molecular complexity index is 1010. The molecule has 0 aromatic heterocycles. The smallest absolute Gasteiger partial charge is 0.358 e. The minimum absolute atomic E-state index is 0.0294. The summed E-state index contributed by atoms with van der Waals surface area (Å²) in [7, 11) is -0.432. The predicted molar refractivity (Wildman–Crippen MR) is 118 cm³/mol. The van der Waals surface area contributed by atoms with Crippen molar-refractivity contribution in [1.82, 2.24) is 4.90 Å². The summed E-state index contributed by atoms with van der Waals surface area (Å²) in [5.74, 6) is 0. The van der Waals surface area contributed by atoms with Gasteiger partial charge in [-0.1, -0.05) is 58.5 Å². The third-order valence-electron chi connectivity index (χ3n) is 3.81. The molecule has 0 heterocycles. The number of nitrogens with one attached hydrogen (secondary N) is 1. The van der Waals surface area contributed by atoms with Crippen LogP contribution in [-0.2, 0) is 23.7 Å². The van der Waals surface area contributed by atoms with E-state index in [4.69, 9.17) is 46.4 Å². The van der Waals surface area contributed by atoms with Crippen molar-refractivity contribution in [2.24, 2.45) is 4.99 Å². The quantitative estimate of drug-likeness (QED) is 0.320. The van der Waals surface area contributed by atoms with E-state index in [1.54, 1.807) is 7.05 Å². The first-order valence-electron chi connectivity index (χ1n) is 8.01. The van der Waals surface area contributed by atoms with Crippen LogP contribution in [0.1, 0.15) is 11.1 Å². The van der Waals surface area contributed by atoms with Crippen LogP contribution < -0.4 is 4.72 Å². The fourth-order valence-corrected chi connectivity index (χ4v) is 4.12. The maximum absolute atomic E-state index is 13.2. The van der Waals surface area contributed by atoms with Crippen molar-refractivity contribution in [3.8, 4) is 0 Å². The Balaban J connectivity index is 2.45. The van der Waals surface area contributed by atoms with Gasteiger partial charge >= 0.3 is 6.18 Å². The number of hydrogen-bond donors (Lipinski definition) is 1. The molecular weight excluding hydrogens is 505 g/mol. The van der Waals surface area contributed by atoms with Gasteiger partial charge in [0, 0.05) is 13.6 Å². The van der Waals surface area contributed by atoms with Gasteiger partial charge in [-0.3, -0.25) is 0 Å². The summed E-state index contributed by atoms with van der Waals surface area (Å²) >= 11 is 23.9. The lowest BCUT2D eigenvalue weighted by molar-refractivity contribution is -0.137. The van der Waals surface area contributed by atoms with E-state index < -0.39 is 22.7 Å². The second kappa shape index (κ2) is 10.2. The molecule has 0 saturated carbocycles. The second-order valence-electron chi connectivity index (χ2n) is 5.89. The molecule has 2 aromatic carbocycles. The molecule has 0 spiro atoms. The van der Waals surface area contributed by atoms with Gasteiger partial charge in [0.15, 0.2) is 16.1 Å². The summed E-state index contributed by atoms with van der Waals surface area (Å²) in [5.41, 5.74) is -0.583. The molecule has 2 aromatic rings. The first-order valence-corrected chi connectivity index (χ1v) is 10.7. The van der Waals surface area contributed by atoms with Crippen LogP contribution in [0.2, 0.25) is 10.0 Å². The fourth-order valence-electron chi connectivity index (χ4n) is 2.32. The highest BCUT2D eigenvalue weighted by Crippen LogP contribution is 2.34. The standard InChI is InChI=1S/C18H14Cl4F3N3OS/c1-26-16(21)17(22)28(2)9-10-6-7-11(18(23,24)25)8-13(10)27-30(29)14-5-3-4-12(19)15(14)20/h3-8,27H,1,9H2,2H3/b17-16-. The Labute approximate surface area is 193 Å². The Kier molecular flexibility index (Phi) is 8.47. The molecule has 1 N–H and O–H groups in total. The molecule has 0 aliphatic rings. The third kappa shape index (κ3) is 6.04. The Hall–Kier alpha value is -1.45. The Morgan fingerprint density at radius 3 is 2.50 bits per heavy atom. The molecule has 0 bridgehead atoms. The number of nitrogens with zero attached hydrogens (tertiary/aromatic N) is 2. The lowest BCUT2D eigenvalue weighted by Crippen LogP contribution is -2.18. The van der Waals surface area contributed by atoms with E-state index in [9.17, 15) is 17.4 Å². The molecule has 1 unspecified atom stereocenters. The van der Waals surface area contributed by atoms with Gasteiger partial charge in [0.25, 0.3) is 0 Å². The Morgan fingerprint density at radius 2 is 1.90 bits per heavy atom. The minimum Gasteiger partial charge on any atom is -0.358 e. The van der Waals surface area contributed by atoms with Crippen LogP contribution in [0, 0.1) is 0 Å². The van der Waals surface area contributed by atoms with Gasteiger partial charge < -0.3 is 9.62 Å². The maximum Gasteiger partial charge on any atom is 0.416 e. The monoisotopic (exact) mass is 517 g/mol. The average Bonchev–Trinajstić information content (AvgIpc) is 2.69. The van der Waals surface area contributed by atoms with Crippen LogP contribution in [-0.4, -0.2) is 22.9 Å². The van der Waals surface area contributed by atoms with Crippen molar-refractivity contribution in [2.45, 2.75) is 17.6 Å². The van der Waals surface area contributed by atoms with E-state index in [2.05, 4.69) is 16.4 Å². The SMILES string of the molecule is C=N/C(Cl)=C(/Cl)N(C)Cc1ccc(C(F)(F)F)cc1NS(=O)c1cccc(Cl)c1Cl. The molecule has 0 saturated heterocycles. The van der Waals surface area contributed by atoms with Crippen LogP contribution in [0.25, 0.3) is 0 Å². The number of halogens is 7. The summed E-state index contributed by atoms with van der Waals surface area (Å²) in [6, 6.07) is 7.49. The zero-order chi connectivity index (χ0) is 22.6. The molecule has 0 aliphatic carbocycles. The highest BCUT2D eigenvalue weighted by molar-refractivity contribution is 7.86. The molecule has 12 heteroatoms. The first kappa shape index (κ1) is 24.8. The van der Waals surface area contributed by atoms with Crippen molar-refractivity contribution in [2.75, 3.05) is 11.8 Å². The highest BCUT2D eigenvalue weighted by atomic mass is 35.5. The number of hydrogen-bond acceptors (Lipinski definition) is 3.